The summed E-state index contributed by atoms with van der Waals surface area (Å²) < 4.78 is 18.6. The van der Waals surface area contributed by atoms with E-state index in [4.69, 9.17) is 13.9 Å². The van der Waals surface area contributed by atoms with Crippen molar-refractivity contribution in [2.75, 3.05) is 0 Å². The Morgan fingerprint density at radius 3 is 2.13 bits per heavy atom. The molecule has 0 aromatic heterocycles. The van der Waals surface area contributed by atoms with Crippen LogP contribution < -0.4 is 0 Å². The molecule has 0 amide bonds. The van der Waals surface area contributed by atoms with Gasteiger partial charge in [0.15, 0.2) is 8.32 Å². The minimum absolute atomic E-state index is 0.0386. The van der Waals surface area contributed by atoms with Crippen LogP contribution in [-0.2, 0) is 25.3 Å². The van der Waals surface area contributed by atoms with Crippen LogP contribution in [-0.4, -0.2) is 20.4 Å². The van der Waals surface area contributed by atoms with E-state index in [0.29, 0.717) is 12.4 Å². The fraction of sp³-hybridized carbons (Fsp3) is 0.346. The molecule has 0 unspecified atom stereocenters. The first-order valence-corrected chi connectivity index (χ1v) is 13.6. The number of cyclic esters (lactones) is 1. The summed E-state index contributed by atoms with van der Waals surface area (Å²) in [7, 11) is -2.13. The third-order valence-corrected chi connectivity index (χ3v) is 10.3. The third-order valence-electron chi connectivity index (χ3n) is 5.87. The summed E-state index contributed by atoms with van der Waals surface area (Å²) in [6, 6.07) is 20.2. The van der Waals surface area contributed by atoms with E-state index >= 15 is 0 Å². The molecule has 1 heterocycles. The van der Waals surface area contributed by atoms with Gasteiger partial charge in [-0.2, -0.15) is 0 Å². The molecule has 2 atom stereocenters. The standard InChI is InChI=1S/C26H32O4Si/c1-26(2,3)31(4,5)30-25(21-14-10-7-11-15-21)23(18-22-16-17-24(27)29-22)28-19-20-12-8-6-9-13-20/h6-18,23,25H,19H2,1-5H3/b22-18-/t23-,25+/m0/s1. The Labute approximate surface area is 186 Å². The molecule has 164 valence electrons. The summed E-state index contributed by atoms with van der Waals surface area (Å²) in [6.07, 6.45) is 4.20. The lowest BCUT2D eigenvalue weighted by atomic mass is 10.0. The second kappa shape index (κ2) is 9.77. The molecule has 1 aliphatic heterocycles. The Morgan fingerprint density at radius 1 is 0.968 bits per heavy atom. The van der Waals surface area contributed by atoms with Crippen LogP contribution in [0.1, 0.15) is 38.0 Å². The van der Waals surface area contributed by atoms with Crippen molar-refractivity contribution in [3.63, 3.8) is 0 Å². The van der Waals surface area contributed by atoms with Crippen molar-refractivity contribution >= 4 is 14.3 Å². The minimum Gasteiger partial charge on any atom is -0.424 e. The molecule has 0 radical (unpaired) electrons. The van der Waals surface area contributed by atoms with E-state index in [0.717, 1.165) is 11.1 Å². The highest BCUT2D eigenvalue weighted by Gasteiger charge is 2.41. The van der Waals surface area contributed by atoms with Crippen molar-refractivity contribution < 1.29 is 18.7 Å². The normalized spacial score (nSPS) is 17.6. The summed E-state index contributed by atoms with van der Waals surface area (Å²) in [4.78, 5) is 11.6. The van der Waals surface area contributed by atoms with E-state index in [-0.39, 0.29) is 17.1 Å². The van der Waals surface area contributed by atoms with Gasteiger partial charge < -0.3 is 13.9 Å². The van der Waals surface area contributed by atoms with Crippen molar-refractivity contribution in [3.05, 3.63) is 95.8 Å². The van der Waals surface area contributed by atoms with E-state index in [1.54, 1.807) is 6.08 Å². The van der Waals surface area contributed by atoms with Crippen LogP contribution in [0.15, 0.2) is 84.7 Å². The van der Waals surface area contributed by atoms with Gasteiger partial charge in [-0.1, -0.05) is 81.4 Å². The minimum atomic E-state index is -2.13. The first kappa shape index (κ1) is 23.2. The largest absolute Gasteiger partial charge is 0.424 e. The van der Waals surface area contributed by atoms with Crippen LogP contribution in [0.5, 0.6) is 0 Å². The van der Waals surface area contributed by atoms with Gasteiger partial charge >= 0.3 is 5.97 Å². The predicted octanol–water partition coefficient (Wildman–Crippen LogP) is 6.33. The van der Waals surface area contributed by atoms with Gasteiger partial charge in [0.25, 0.3) is 0 Å². The molecule has 4 nitrogen and oxygen atoms in total. The van der Waals surface area contributed by atoms with Crippen LogP contribution >= 0.6 is 0 Å². The summed E-state index contributed by atoms with van der Waals surface area (Å²) in [5.74, 6) is 0.123. The molecule has 0 spiro atoms. The molecule has 3 rings (SSSR count). The maximum absolute atomic E-state index is 11.6. The molecule has 2 aromatic carbocycles. The number of hydrogen-bond acceptors (Lipinski definition) is 4. The fourth-order valence-electron chi connectivity index (χ4n) is 3.04. The van der Waals surface area contributed by atoms with E-state index in [1.165, 1.54) is 6.08 Å². The van der Waals surface area contributed by atoms with Crippen LogP contribution in [0.4, 0.5) is 0 Å². The molecule has 31 heavy (non-hydrogen) atoms. The van der Waals surface area contributed by atoms with Gasteiger partial charge in [0, 0.05) is 6.08 Å². The molecule has 0 saturated carbocycles. The van der Waals surface area contributed by atoms with Gasteiger partial charge in [-0.25, -0.2) is 4.79 Å². The maximum Gasteiger partial charge on any atom is 0.336 e. The molecular formula is C26H32O4Si. The monoisotopic (exact) mass is 436 g/mol. The number of carbonyl (C=O) groups is 1. The van der Waals surface area contributed by atoms with Crippen molar-refractivity contribution in [3.8, 4) is 0 Å². The Morgan fingerprint density at radius 2 is 1.58 bits per heavy atom. The van der Waals surface area contributed by atoms with Crippen molar-refractivity contribution in [1.82, 2.24) is 0 Å². The van der Waals surface area contributed by atoms with E-state index in [9.17, 15) is 4.79 Å². The SMILES string of the molecule is CC(C)(C)[Si](C)(C)O[C@H](c1ccccc1)[C@H](/C=C1/C=CC(=O)O1)OCc1ccccc1. The van der Waals surface area contributed by atoms with Crippen molar-refractivity contribution in [1.29, 1.82) is 0 Å². The van der Waals surface area contributed by atoms with Crippen LogP contribution in [0, 0.1) is 0 Å². The zero-order valence-corrected chi connectivity index (χ0v) is 20.0. The van der Waals surface area contributed by atoms with Gasteiger partial charge in [0.1, 0.15) is 18.0 Å². The van der Waals surface area contributed by atoms with Crippen molar-refractivity contribution in [2.45, 2.75) is 57.7 Å². The number of ether oxygens (including phenoxy) is 2. The Balaban J connectivity index is 1.96. The van der Waals surface area contributed by atoms with E-state index in [2.05, 4.69) is 46.0 Å². The van der Waals surface area contributed by atoms with Gasteiger partial charge in [-0.3, -0.25) is 0 Å². The van der Waals surface area contributed by atoms with Crippen molar-refractivity contribution in [2.24, 2.45) is 0 Å². The maximum atomic E-state index is 11.6. The number of hydrogen-bond donors (Lipinski definition) is 0. The van der Waals surface area contributed by atoms with Gasteiger partial charge in [-0.15, -0.1) is 0 Å². The number of rotatable bonds is 8. The topological polar surface area (TPSA) is 44.8 Å². The first-order chi connectivity index (χ1) is 14.7. The molecule has 1 aliphatic rings. The van der Waals surface area contributed by atoms with Gasteiger partial charge in [0.2, 0.25) is 0 Å². The Hall–Kier alpha value is -2.47. The molecule has 2 aromatic rings. The smallest absolute Gasteiger partial charge is 0.336 e. The zero-order valence-electron chi connectivity index (χ0n) is 19.0. The van der Waals surface area contributed by atoms with E-state index < -0.39 is 14.4 Å². The fourth-order valence-corrected chi connectivity index (χ4v) is 4.30. The van der Waals surface area contributed by atoms with Crippen LogP contribution in [0.2, 0.25) is 18.1 Å². The lowest BCUT2D eigenvalue weighted by Gasteiger charge is -2.41. The number of allylic oxidation sites excluding steroid dienone is 1. The highest BCUT2D eigenvalue weighted by atomic mass is 28.4. The molecular weight excluding hydrogens is 404 g/mol. The Kier molecular flexibility index (Phi) is 7.31. The quantitative estimate of drug-likeness (QED) is 0.358. The van der Waals surface area contributed by atoms with Gasteiger partial charge in [0.05, 0.1) is 6.61 Å². The second-order valence-corrected chi connectivity index (χ2v) is 14.1. The summed E-state index contributed by atoms with van der Waals surface area (Å²) in [5.41, 5.74) is 2.11. The second-order valence-electron chi connectivity index (χ2n) is 9.29. The third kappa shape index (κ3) is 6.26. The molecule has 0 bridgehead atoms. The van der Waals surface area contributed by atoms with Crippen LogP contribution in [0.3, 0.4) is 0 Å². The summed E-state index contributed by atoms with van der Waals surface area (Å²) in [5, 5.41) is 0.0386. The summed E-state index contributed by atoms with van der Waals surface area (Å²) in [6.45, 7) is 11.6. The molecule has 0 saturated heterocycles. The number of benzene rings is 2. The first-order valence-electron chi connectivity index (χ1n) is 10.7. The van der Waals surface area contributed by atoms with Crippen LogP contribution in [0.25, 0.3) is 0 Å². The highest BCUT2D eigenvalue weighted by Crippen LogP contribution is 2.41. The number of carbonyl (C=O) groups excluding carboxylic acids is 1. The molecule has 5 heteroatoms. The number of esters is 1. The average molecular weight is 437 g/mol. The lowest BCUT2D eigenvalue weighted by Crippen LogP contribution is -2.44. The van der Waals surface area contributed by atoms with E-state index in [1.807, 2.05) is 54.6 Å². The lowest BCUT2D eigenvalue weighted by molar-refractivity contribution is -0.132. The summed E-state index contributed by atoms with van der Waals surface area (Å²) >= 11 is 0. The Bertz CT molecular complexity index is 927. The molecule has 0 fully saturated rings. The highest BCUT2D eigenvalue weighted by molar-refractivity contribution is 6.74. The molecule has 0 aliphatic carbocycles. The van der Waals surface area contributed by atoms with Gasteiger partial charge in [-0.05, 0) is 41.4 Å². The average Bonchev–Trinajstić information content (AvgIpc) is 3.15. The molecule has 0 N–H and O–H groups in total. The predicted molar refractivity (Wildman–Crippen MR) is 126 cm³/mol. The zero-order chi connectivity index (χ0) is 22.5.